The highest BCUT2D eigenvalue weighted by molar-refractivity contribution is 7.87. The van der Waals surface area contributed by atoms with Crippen LogP contribution in [0.3, 0.4) is 0 Å². The molecule has 6 nitrogen and oxygen atoms in total. The van der Waals surface area contributed by atoms with Gasteiger partial charge in [0, 0.05) is 18.7 Å². The molecule has 0 radical (unpaired) electrons. The summed E-state index contributed by atoms with van der Waals surface area (Å²) in [4.78, 5) is 7.87. The van der Waals surface area contributed by atoms with Crippen LogP contribution in [0.15, 0.2) is 35.9 Å². The van der Waals surface area contributed by atoms with Gasteiger partial charge in [-0.1, -0.05) is 30.3 Å². The maximum Gasteiger partial charge on any atom is 0.311 e. The van der Waals surface area contributed by atoms with Crippen molar-refractivity contribution in [2.75, 3.05) is 32.1 Å². The van der Waals surface area contributed by atoms with Gasteiger partial charge in [0.05, 0.1) is 29.8 Å². The monoisotopic (exact) mass is 404 g/mol. The number of rotatable bonds is 2. The van der Waals surface area contributed by atoms with Crippen molar-refractivity contribution in [3.8, 4) is 10.6 Å². The van der Waals surface area contributed by atoms with E-state index >= 15 is 0 Å². The number of thiazole rings is 1. The Morgan fingerprint density at radius 3 is 2.67 bits per heavy atom. The number of morpholine rings is 1. The van der Waals surface area contributed by atoms with E-state index in [-0.39, 0.29) is 11.8 Å². The molecule has 1 aliphatic carbocycles. The van der Waals surface area contributed by atoms with Crippen molar-refractivity contribution in [2.24, 2.45) is 0 Å². The van der Waals surface area contributed by atoms with Crippen molar-refractivity contribution in [3.63, 3.8) is 0 Å². The highest BCUT2D eigenvalue weighted by Crippen LogP contribution is 2.44. The van der Waals surface area contributed by atoms with Gasteiger partial charge < -0.3 is 8.92 Å². The van der Waals surface area contributed by atoms with E-state index in [2.05, 4.69) is 4.90 Å². The second-order valence-electron chi connectivity index (χ2n) is 6.99. The van der Waals surface area contributed by atoms with Crippen LogP contribution in [0.5, 0.6) is 0 Å². The average Bonchev–Trinajstić information content (AvgIpc) is 3.13. The minimum absolute atomic E-state index is 0.0194. The summed E-state index contributed by atoms with van der Waals surface area (Å²) in [5.41, 5.74) is 3.08. The smallest absolute Gasteiger partial charge is 0.311 e. The second-order valence-corrected chi connectivity index (χ2v) is 9.60. The third kappa shape index (κ3) is 3.20. The molecule has 0 spiro atoms. The number of ether oxygens (including phenoxy) is 1. The summed E-state index contributed by atoms with van der Waals surface area (Å²) >= 11 is 1.52. The minimum Gasteiger partial charge on any atom is -0.381 e. The quantitative estimate of drug-likeness (QED) is 0.717. The van der Waals surface area contributed by atoms with Gasteiger partial charge in [-0.2, -0.15) is 8.42 Å². The van der Waals surface area contributed by atoms with Gasteiger partial charge in [-0.05, 0) is 18.4 Å². The lowest BCUT2D eigenvalue weighted by atomic mass is 9.93. The molecule has 1 aromatic heterocycles. The maximum absolute atomic E-state index is 12.5. The van der Waals surface area contributed by atoms with Crippen LogP contribution in [0.25, 0.3) is 16.3 Å². The van der Waals surface area contributed by atoms with E-state index in [9.17, 15) is 8.42 Å². The van der Waals surface area contributed by atoms with Crippen LogP contribution in [0.1, 0.15) is 17.0 Å². The lowest BCUT2D eigenvalue weighted by Gasteiger charge is -2.39. The first-order valence-electron chi connectivity index (χ1n) is 9.13. The van der Waals surface area contributed by atoms with E-state index in [0.717, 1.165) is 52.6 Å². The molecule has 1 fully saturated rings. The number of aryl methyl sites for hydroxylation is 1. The molecular weight excluding hydrogens is 384 g/mol. The zero-order valence-corrected chi connectivity index (χ0v) is 16.4. The van der Waals surface area contributed by atoms with Gasteiger partial charge in [0.15, 0.2) is 5.76 Å². The number of benzene rings is 1. The van der Waals surface area contributed by atoms with E-state index in [0.29, 0.717) is 19.0 Å². The van der Waals surface area contributed by atoms with Crippen molar-refractivity contribution >= 4 is 27.2 Å². The van der Waals surface area contributed by atoms with E-state index in [1.807, 2.05) is 30.3 Å². The lowest BCUT2D eigenvalue weighted by Crippen LogP contribution is -2.49. The lowest BCUT2D eigenvalue weighted by molar-refractivity contribution is 0.0257. The fraction of sp³-hybridized carbons (Fsp3) is 0.421. The largest absolute Gasteiger partial charge is 0.381 e. The third-order valence-corrected chi connectivity index (χ3v) is 7.60. The van der Waals surface area contributed by atoms with Crippen LogP contribution in [0.2, 0.25) is 0 Å². The van der Waals surface area contributed by atoms with Gasteiger partial charge in [-0.25, -0.2) is 4.98 Å². The first-order chi connectivity index (χ1) is 13.1. The molecule has 0 amide bonds. The number of nitrogens with zero attached hydrogens (tertiary/aromatic N) is 2. The third-order valence-electron chi connectivity index (χ3n) is 5.31. The Labute approximate surface area is 162 Å². The van der Waals surface area contributed by atoms with Crippen molar-refractivity contribution in [3.05, 3.63) is 46.5 Å². The summed E-state index contributed by atoms with van der Waals surface area (Å²) in [6.45, 7) is 2.79. The van der Waals surface area contributed by atoms with Crippen molar-refractivity contribution in [1.82, 2.24) is 9.88 Å². The molecule has 3 aliphatic rings. The minimum atomic E-state index is -3.61. The highest BCUT2D eigenvalue weighted by atomic mass is 32.2. The molecule has 27 heavy (non-hydrogen) atoms. The van der Waals surface area contributed by atoms with Crippen LogP contribution >= 0.6 is 11.3 Å². The van der Waals surface area contributed by atoms with Gasteiger partial charge in [0.2, 0.25) is 0 Å². The van der Waals surface area contributed by atoms with Crippen LogP contribution < -0.4 is 0 Å². The Morgan fingerprint density at radius 1 is 1.11 bits per heavy atom. The van der Waals surface area contributed by atoms with Crippen LogP contribution in [0.4, 0.5) is 0 Å². The summed E-state index contributed by atoms with van der Waals surface area (Å²) in [5.74, 6) is 0.546. The molecule has 5 rings (SSSR count). The number of fused-ring (bicyclic) bond motifs is 2. The Bertz CT molecular complexity index is 992. The first-order valence-corrected chi connectivity index (χ1v) is 11.5. The van der Waals surface area contributed by atoms with E-state index in [4.69, 9.17) is 13.9 Å². The van der Waals surface area contributed by atoms with Crippen molar-refractivity contribution in [2.45, 2.75) is 18.9 Å². The number of aromatic nitrogens is 1. The summed E-state index contributed by atoms with van der Waals surface area (Å²) < 4.78 is 36.0. The summed E-state index contributed by atoms with van der Waals surface area (Å²) in [5, 5.41) is 0.906. The Hall–Kier alpha value is -1.74. The van der Waals surface area contributed by atoms with E-state index in [1.54, 1.807) is 0 Å². The van der Waals surface area contributed by atoms with E-state index in [1.165, 1.54) is 11.3 Å². The van der Waals surface area contributed by atoms with Gasteiger partial charge in [-0.3, -0.25) is 4.90 Å². The topological polar surface area (TPSA) is 68.7 Å². The molecule has 8 heteroatoms. The summed E-state index contributed by atoms with van der Waals surface area (Å²) in [7, 11) is -3.61. The van der Waals surface area contributed by atoms with Crippen LogP contribution in [-0.2, 0) is 25.5 Å². The maximum atomic E-state index is 12.5. The van der Waals surface area contributed by atoms with Crippen LogP contribution in [0, 0.1) is 0 Å². The molecule has 1 unspecified atom stereocenters. The van der Waals surface area contributed by atoms with Crippen LogP contribution in [-0.4, -0.2) is 56.4 Å². The normalized spacial score (nSPS) is 24.8. The first kappa shape index (κ1) is 17.4. The van der Waals surface area contributed by atoms with Crippen molar-refractivity contribution < 1.29 is 17.3 Å². The van der Waals surface area contributed by atoms with E-state index < -0.39 is 10.1 Å². The molecule has 0 bridgehead atoms. The molecule has 2 aliphatic heterocycles. The predicted molar refractivity (Wildman–Crippen MR) is 104 cm³/mol. The zero-order chi connectivity index (χ0) is 18.4. The predicted octanol–water partition coefficient (Wildman–Crippen LogP) is 2.53. The van der Waals surface area contributed by atoms with Gasteiger partial charge in [-0.15, -0.1) is 11.3 Å². The molecule has 0 saturated carbocycles. The average molecular weight is 405 g/mol. The molecule has 0 N–H and O–H groups in total. The molecule has 3 heterocycles. The fourth-order valence-corrected chi connectivity index (χ4v) is 6.49. The second kappa shape index (κ2) is 6.70. The molecular formula is C19H20N2O4S2. The molecule has 142 valence electrons. The Balaban J connectivity index is 1.58. The molecule has 1 atom stereocenters. The summed E-state index contributed by atoms with van der Waals surface area (Å²) in [6.07, 6.45) is 1.61. The fourth-order valence-electron chi connectivity index (χ4n) is 3.99. The van der Waals surface area contributed by atoms with Crippen molar-refractivity contribution in [1.29, 1.82) is 0 Å². The number of hydrogen-bond donors (Lipinski definition) is 0. The molecule has 1 saturated heterocycles. The van der Waals surface area contributed by atoms with Gasteiger partial charge in [0.25, 0.3) is 0 Å². The Morgan fingerprint density at radius 2 is 1.89 bits per heavy atom. The highest BCUT2D eigenvalue weighted by Gasteiger charge is 2.41. The zero-order valence-electron chi connectivity index (χ0n) is 14.8. The molecule has 1 aromatic carbocycles. The van der Waals surface area contributed by atoms with Gasteiger partial charge >= 0.3 is 10.1 Å². The SMILES string of the molecule is O=S1(=O)CC(N2CCOCC2)C2=C(O1)c1sc(-c3ccccc3)nc1CC2. The number of hydrogen-bond acceptors (Lipinski definition) is 7. The van der Waals surface area contributed by atoms with Gasteiger partial charge in [0.1, 0.15) is 10.8 Å². The summed E-state index contributed by atoms with van der Waals surface area (Å²) in [6, 6.07) is 9.86. The standard InChI is InChI=1S/C19H20N2O4S2/c22-27(23)12-16(21-8-10-24-11-9-21)14-6-7-15-18(17(14)25-27)26-19(20-15)13-4-2-1-3-5-13/h1-5,16H,6-12H2. The molecule has 2 aromatic rings. The Kier molecular flexibility index (Phi) is 4.31.